The summed E-state index contributed by atoms with van der Waals surface area (Å²) in [6.45, 7) is 5.46. The fraction of sp³-hybridized carbons (Fsp3) is 0.316. The highest BCUT2D eigenvalue weighted by atomic mass is 31.2. The molecule has 0 aromatic heterocycles. The summed E-state index contributed by atoms with van der Waals surface area (Å²) in [6.07, 6.45) is 0. The second-order valence-electron chi connectivity index (χ2n) is 7.02. The minimum absolute atomic E-state index is 0.154. The zero-order valence-corrected chi connectivity index (χ0v) is 17.4. The Morgan fingerprint density at radius 1 is 0.900 bits per heavy atom. The molecule has 0 radical (unpaired) electrons. The van der Waals surface area contributed by atoms with E-state index in [1.807, 2.05) is 20.8 Å². The molecule has 0 aliphatic carbocycles. The Hall–Kier alpha value is -2.45. The van der Waals surface area contributed by atoms with E-state index in [4.69, 9.17) is 9.05 Å². The number of ether oxygens (including phenoxy) is 1. The summed E-state index contributed by atoms with van der Waals surface area (Å²) in [5.74, 6) is -13.1. The van der Waals surface area contributed by atoms with E-state index in [2.05, 4.69) is 9.82 Å². The number of esters is 1. The van der Waals surface area contributed by atoms with Crippen molar-refractivity contribution in [3.05, 3.63) is 58.9 Å². The van der Waals surface area contributed by atoms with Crippen LogP contribution in [0.3, 0.4) is 0 Å². The van der Waals surface area contributed by atoms with Gasteiger partial charge in [0, 0.05) is 0 Å². The van der Waals surface area contributed by atoms with Gasteiger partial charge in [-0.2, -0.15) is 8.78 Å². The van der Waals surface area contributed by atoms with Crippen molar-refractivity contribution in [2.75, 3.05) is 13.7 Å². The van der Waals surface area contributed by atoms with Crippen LogP contribution < -0.4 is 14.1 Å². The lowest BCUT2D eigenvalue weighted by Gasteiger charge is -2.21. The number of hydrogen-bond acceptors (Lipinski definition) is 5. The maximum atomic E-state index is 13.9. The van der Waals surface area contributed by atoms with E-state index >= 15 is 0 Å². The van der Waals surface area contributed by atoms with Gasteiger partial charge in [0.25, 0.3) is 0 Å². The molecule has 5 nitrogen and oxygen atoms in total. The number of carbonyl (C=O) groups excluding carboxylic acids is 1. The zero-order chi connectivity index (χ0) is 22.6. The number of carbonyl (C=O) groups is 1. The summed E-state index contributed by atoms with van der Waals surface area (Å²) >= 11 is 0. The van der Waals surface area contributed by atoms with Crippen LogP contribution in [0.25, 0.3) is 0 Å². The molecule has 0 heterocycles. The maximum Gasteiger partial charge on any atom is 0.382 e. The Morgan fingerprint density at radius 2 is 1.40 bits per heavy atom. The lowest BCUT2D eigenvalue weighted by atomic mass is 9.87. The monoisotopic (exact) mass is 451 g/mol. The number of halogens is 5. The maximum absolute atomic E-state index is 13.9. The lowest BCUT2D eigenvalue weighted by molar-refractivity contribution is -0.139. The van der Waals surface area contributed by atoms with Gasteiger partial charge in [0.2, 0.25) is 34.8 Å². The van der Waals surface area contributed by atoms with Crippen LogP contribution in [0.5, 0.6) is 11.5 Å². The van der Waals surface area contributed by atoms with E-state index in [1.165, 1.54) is 12.1 Å². The fourth-order valence-corrected chi connectivity index (χ4v) is 3.21. The minimum atomic E-state index is -2.54. The SMILES string of the molecule is COC(=O)CNP(Oc1ccc(C(C)(C)C)cc1)Oc1c(F)c(F)c(F)c(F)c1F. The summed E-state index contributed by atoms with van der Waals surface area (Å²) in [5, 5.41) is 2.39. The van der Waals surface area contributed by atoms with Crippen LogP contribution >= 0.6 is 8.53 Å². The molecule has 0 spiro atoms. The van der Waals surface area contributed by atoms with Crippen molar-refractivity contribution in [3.8, 4) is 11.5 Å². The Bertz CT molecular complexity index is 890. The van der Waals surface area contributed by atoms with Crippen LogP contribution in [0, 0.1) is 29.1 Å². The van der Waals surface area contributed by atoms with Gasteiger partial charge in [0.05, 0.1) is 7.11 Å². The summed E-state index contributed by atoms with van der Waals surface area (Å²) in [6, 6.07) is 6.55. The molecule has 0 saturated carbocycles. The van der Waals surface area contributed by atoms with E-state index in [0.717, 1.165) is 12.7 Å². The molecule has 30 heavy (non-hydrogen) atoms. The van der Waals surface area contributed by atoms with Gasteiger partial charge in [0.1, 0.15) is 12.3 Å². The van der Waals surface area contributed by atoms with E-state index < -0.39 is 55.9 Å². The van der Waals surface area contributed by atoms with Crippen molar-refractivity contribution in [3.63, 3.8) is 0 Å². The second-order valence-corrected chi connectivity index (χ2v) is 8.22. The van der Waals surface area contributed by atoms with E-state index in [1.54, 1.807) is 12.1 Å². The predicted molar refractivity (Wildman–Crippen MR) is 99.6 cm³/mol. The van der Waals surface area contributed by atoms with Crippen molar-refractivity contribution in [2.45, 2.75) is 26.2 Å². The smallest absolute Gasteiger partial charge is 0.382 e. The number of methoxy groups -OCH3 is 1. The van der Waals surface area contributed by atoms with Crippen LogP contribution in [0.4, 0.5) is 22.0 Å². The second kappa shape index (κ2) is 9.57. The quantitative estimate of drug-likeness (QED) is 0.208. The average Bonchev–Trinajstić information content (AvgIpc) is 2.71. The molecule has 0 aliphatic heterocycles. The average molecular weight is 451 g/mol. The van der Waals surface area contributed by atoms with Crippen molar-refractivity contribution in [1.82, 2.24) is 5.09 Å². The van der Waals surface area contributed by atoms with Crippen molar-refractivity contribution in [2.24, 2.45) is 0 Å². The molecule has 2 aromatic rings. The Morgan fingerprint density at radius 3 is 1.87 bits per heavy atom. The van der Waals surface area contributed by atoms with Gasteiger partial charge < -0.3 is 13.8 Å². The van der Waals surface area contributed by atoms with Crippen molar-refractivity contribution >= 4 is 14.5 Å². The summed E-state index contributed by atoms with van der Waals surface area (Å²) in [5.41, 5.74) is 0.806. The highest BCUT2D eigenvalue weighted by Gasteiger charge is 2.30. The van der Waals surface area contributed by atoms with Gasteiger partial charge in [-0.1, -0.05) is 32.9 Å². The fourth-order valence-electron chi connectivity index (χ4n) is 2.14. The summed E-state index contributed by atoms with van der Waals surface area (Å²) < 4.78 is 82.8. The van der Waals surface area contributed by atoms with E-state index in [9.17, 15) is 26.7 Å². The van der Waals surface area contributed by atoms with Crippen LogP contribution in [-0.4, -0.2) is 19.6 Å². The first kappa shape index (κ1) is 23.8. The van der Waals surface area contributed by atoms with Crippen molar-refractivity contribution in [1.29, 1.82) is 0 Å². The topological polar surface area (TPSA) is 56.8 Å². The van der Waals surface area contributed by atoms with Crippen LogP contribution in [0.1, 0.15) is 26.3 Å². The van der Waals surface area contributed by atoms with Gasteiger partial charge in [-0.05, 0) is 23.1 Å². The molecule has 0 amide bonds. The summed E-state index contributed by atoms with van der Waals surface area (Å²) in [4.78, 5) is 11.4. The third kappa shape index (κ3) is 5.58. The minimum Gasteiger partial charge on any atom is -0.468 e. The molecule has 0 fully saturated rings. The highest BCUT2D eigenvalue weighted by molar-refractivity contribution is 7.45. The Kier molecular flexibility index (Phi) is 7.60. The molecule has 0 saturated heterocycles. The normalized spacial score (nSPS) is 12.4. The van der Waals surface area contributed by atoms with Gasteiger partial charge in [-0.3, -0.25) is 4.79 Å². The molecular weight excluding hydrogens is 432 g/mol. The third-order valence-electron chi connectivity index (χ3n) is 3.83. The largest absolute Gasteiger partial charge is 0.468 e. The van der Waals surface area contributed by atoms with Gasteiger partial charge >= 0.3 is 14.5 Å². The van der Waals surface area contributed by atoms with E-state index in [-0.39, 0.29) is 11.2 Å². The molecule has 0 bridgehead atoms. The first-order chi connectivity index (χ1) is 14.0. The molecule has 2 rings (SSSR count). The number of rotatable bonds is 7. The highest BCUT2D eigenvalue weighted by Crippen LogP contribution is 2.41. The Balaban J connectivity index is 2.31. The number of benzene rings is 2. The molecule has 2 aromatic carbocycles. The Labute approximate surface area is 171 Å². The van der Waals surface area contributed by atoms with Crippen LogP contribution in [0.2, 0.25) is 0 Å². The zero-order valence-electron chi connectivity index (χ0n) is 16.5. The van der Waals surface area contributed by atoms with Gasteiger partial charge in [0.15, 0.2) is 0 Å². The molecular formula is C19H19F5NO4P. The first-order valence-electron chi connectivity index (χ1n) is 8.54. The summed E-state index contributed by atoms with van der Waals surface area (Å²) in [7, 11) is -1.44. The van der Waals surface area contributed by atoms with Gasteiger partial charge in [-0.15, -0.1) is 0 Å². The third-order valence-corrected chi connectivity index (χ3v) is 4.97. The van der Waals surface area contributed by atoms with Gasteiger partial charge in [-0.25, -0.2) is 18.3 Å². The number of nitrogens with one attached hydrogen (secondary N) is 1. The first-order valence-corrected chi connectivity index (χ1v) is 9.71. The molecule has 164 valence electrons. The standard InChI is InChI=1S/C19H19F5NO4P/c1-19(2,3)10-5-7-11(8-6-10)28-30(25-9-12(26)27-4)29-18-16(23)14(21)13(20)15(22)17(18)24/h5-8,25H,9H2,1-4H3. The van der Waals surface area contributed by atoms with E-state index in [0.29, 0.717) is 0 Å². The molecule has 1 unspecified atom stereocenters. The predicted octanol–water partition coefficient (Wildman–Crippen LogP) is 5.13. The number of hydrogen-bond donors (Lipinski definition) is 1. The molecule has 0 aliphatic rings. The molecule has 11 heteroatoms. The van der Waals surface area contributed by atoms with Crippen molar-refractivity contribution < 1.29 is 40.5 Å². The lowest BCUT2D eigenvalue weighted by Crippen LogP contribution is -2.23. The molecule has 1 atom stereocenters. The van der Waals surface area contributed by atoms with Crippen LogP contribution in [0.15, 0.2) is 24.3 Å². The van der Waals surface area contributed by atoms with Crippen LogP contribution in [-0.2, 0) is 14.9 Å². The molecule has 1 N–H and O–H groups in total.